The number of halogens is 1. The molecule has 0 radical (unpaired) electrons. The molecule has 1 atom stereocenters. The lowest BCUT2D eigenvalue weighted by Crippen LogP contribution is -2.03. The molecule has 0 aromatic carbocycles. The van der Waals surface area contributed by atoms with E-state index in [1.165, 1.54) is 5.56 Å². The first-order chi connectivity index (χ1) is 7.27. The van der Waals surface area contributed by atoms with Crippen molar-refractivity contribution in [2.24, 2.45) is 0 Å². The minimum absolute atomic E-state index is 0.256. The molecular weight excluding hydrogens is 278 g/mol. The number of hydrogen-bond donors (Lipinski definition) is 0. The average Bonchev–Trinajstić information content (AvgIpc) is 2.85. The van der Waals surface area contributed by atoms with Gasteiger partial charge >= 0.3 is 0 Å². The SMILES string of the molecule is Cc1nocc1C1COc2csc(Br)c21. The third kappa shape index (κ3) is 1.33. The lowest BCUT2D eigenvalue weighted by molar-refractivity contribution is 0.342. The normalized spacial score (nSPS) is 18.9. The summed E-state index contributed by atoms with van der Waals surface area (Å²) in [6, 6.07) is 0. The molecule has 0 saturated carbocycles. The summed E-state index contributed by atoms with van der Waals surface area (Å²) in [6.07, 6.45) is 1.71. The molecule has 2 aromatic rings. The van der Waals surface area contributed by atoms with Crippen LogP contribution in [0.5, 0.6) is 5.75 Å². The van der Waals surface area contributed by atoms with Crippen LogP contribution in [0.3, 0.4) is 0 Å². The molecule has 2 aromatic heterocycles. The summed E-state index contributed by atoms with van der Waals surface area (Å²) in [5.41, 5.74) is 3.29. The molecule has 1 aliphatic rings. The van der Waals surface area contributed by atoms with Crippen LogP contribution in [-0.4, -0.2) is 11.8 Å². The smallest absolute Gasteiger partial charge is 0.135 e. The average molecular weight is 286 g/mol. The van der Waals surface area contributed by atoms with Gasteiger partial charge in [0.2, 0.25) is 0 Å². The van der Waals surface area contributed by atoms with Gasteiger partial charge in [0.05, 0.1) is 22.0 Å². The number of aryl methyl sites for hydroxylation is 1. The fourth-order valence-corrected chi connectivity index (χ4v) is 3.41. The van der Waals surface area contributed by atoms with Gasteiger partial charge in [0, 0.05) is 16.5 Å². The Labute approximate surface area is 99.2 Å². The van der Waals surface area contributed by atoms with Crippen molar-refractivity contribution in [1.82, 2.24) is 5.16 Å². The van der Waals surface area contributed by atoms with Crippen molar-refractivity contribution >= 4 is 27.3 Å². The van der Waals surface area contributed by atoms with E-state index in [0.717, 1.165) is 20.8 Å². The minimum Gasteiger partial charge on any atom is -0.491 e. The van der Waals surface area contributed by atoms with E-state index in [2.05, 4.69) is 21.1 Å². The summed E-state index contributed by atoms with van der Waals surface area (Å²) in [5, 5.41) is 5.94. The Hall–Kier alpha value is -0.810. The maximum Gasteiger partial charge on any atom is 0.135 e. The van der Waals surface area contributed by atoms with Crippen LogP contribution in [0.1, 0.15) is 22.7 Å². The zero-order chi connectivity index (χ0) is 10.4. The van der Waals surface area contributed by atoms with Crippen molar-refractivity contribution in [2.75, 3.05) is 6.61 Å². The van der Waals surface area contributed by atoms with Gasteiger partial charge in [-0.15, -0.1) is 11.3 Å². The highest BCUT2D eigenvalue weighted by Gasteiger charge is 2.31. The van der Waals surface area contributed by atoms with E-state index in [9.17, 15) is 0 Å². The maximum atomic E-state index is 5.62. The van der Waals surface area contributed by atoms with Gasteiger partial charge < -0.3 is 9.26 Å². The molecule has 0 saturated heterocycles. The monoisotopic (exact) mass is 285 g/mol. The Kier molecular flexibility index (Phi) is 2.10. The van der Waals surface area contributed by atoms with Crippen LogP contribution in [0.25, 0.3) is 0 Å². The fraction of sp³-hybridized carbons (Fsp3) is 0.300. The van der Waals surface area contributed by atoms with Crippen LogP contribution in [0.2, 0.25) is 0 Å². The van der Waals surface area contributed by atoms with Gasteiger partial charge in [0.15, 0.2) is 0 Å². The van der Waals surface area contributed by atoms with Crippen LogP contribution < -0.4 is 4.74 Å². The topological polar surface area (TPSA) is 35.3 Å². The lowest BCUT2D eigenvalue weighted by atomic mass is 9.96. The lowest BCUT2D eigenvalue weighted by Gasteiger charge is -2.05. The van der Waals surface area contributed by atoms with Crippen LogP contribution in [-0.2, 0) is 0 Å². The molecule has 1 aliphatic heterocycles. The number of fused-ring (bicyclic) bond motifs is 1. The van der Waals surface area contributed by atoms with Crippen molar-refractivity contribution in [3.8, 4) is 5.75 Å². The second-order valence-corrected chi connectivity index (χ2v) is 5.70. The predicted molar refractivity (Wildman–Crippen MR) is 60.6 cm³/mol. The molecule has 3 nitrogen and oxygen atoms in total. The molecule has 0 fully saturated rings. The fourth-order valence-electron chi connectivity index (χ4n) is 1.89. The van der Waals surface area contributed by atoms with E-state index in [0.29, 0.717) is 6.61 Å². The zero-order valence-corrected chi connectivity index (χ0v) is 10.4. The van der Waals surface area contributed by atoms with Crippen molar-refractivity contribution in [1.29, 1.82) is 0 Å². The van der Waals surface area contributed by atoms with Gasteiger partial charge in [0.1, 0.15) is 12.0 Å². The van der Waals surface area contributed by atoms with Gasteiger partial charge in [-0.3, -0.25) is 0 Å². The molecule has 0 amide bonds. The van der Waals surface area contributed by atoms with E-state index in [4.69, 9.17) is 9.26 Å². The van der Waals surface area contributed by atoms with E-state index in [-0.39, 0.29) is 5.92 Å². The van der Waals surface area contributed by atoms with E-state index >= 15 is 0 Å². The molecule has 0 spiro atoms. The van der Waals surface area contributed by atoms with Crippen molar-refractivity contribution in [3.63, 3.8) is 0 Å². The van der Waals surface area contributed by atoms with Crippen molar-refractivity contribution in [2.45, 2.75) is 12.8 Å². The highest BCUT2D eigenvalue weighted by atomic mass is 79.9. The van der Waals surface area contributed by atoms with Crippen LogP contribution in [0.4, 0.5) is 0 Å². The van der Waals surface area contributed by atoms with Crippen LogP contribution >= 0.6 is 27.3 Å². The molecule has 78 valence electrons. The van der Waals surface area contributed by atoms with Gasteiger partial charge in [-0.25, -0.2) is 0 Å². The second kappa shape index (κ2) is 3.35. The molecule has 15 heavy (non-hydrogen) atoms. The highest BCUT2D eigenvalue weighted by molar-refractivity contribution is 9.11. The molecule has 1 unspecified atom stereocenters. The number of thiophene rings is 1. The molecule has 3 heterocycles. The number of nitrogens with zero attached hydrogens (tertiary/aromatic N) is 1. The van der Waals surface area contributed by atoms with Gasteiger partial charge in [-0.05, 0) is 22.9 Å². The zero-order valence-electron chi connectivity index (χ0n) is 7.99. The Morgan fingerprint density at radius 1 is 1.60 bits per heavy atom. The summed E-state index contributed by atoms with van der Waals surface area (Å²) < 4.78 is 11.7. The van der Waals surface area contributed by atoms with E-state index < -0.39 is 0 Å². The molecule has 5 heteroatoms. The summed E-state index contributed by atoms with van der Waals surface area (Å²) in [5.74, 6) is 1.24. The number of hydrogen-bond acceptors (Lipinski definition) is 4. The third-order valence-electron chi connectivity index (χ3n) is 2.66. The van der Waals surface area contributed by atoms with Crippen molar-refractivity contribution < 1.29 is 9.26 Å². The van der Waals surface area contributed by atoms with Gasteiger partial charge in [0.25, 0.3) is 0 Å². The van der Waals surface area contributed by atoms with E-state index in [1.807, 2.05) is 12.3 Å². The minimum atomic E-state index is 0.256. The Morgan fingerprint density at radius 2 is 2.47 bits per heavy atom. The van der Waals surface area contributed by atoms with Crippen LogP contribution in [0.15, 0.2) is 20.0 Å². The summed E-state index contributed by atoms with van der Waals surface area (Å²) in [6.45, 7) is 2.63. The summed E-state index contributed by atoms with van der Waals surface area (Å²) >= 11 is 5.21. The summed E-state index contributed by atoms with van der Waals surface area (Å²) in [7, 11) is 0. The predicted octanol–water partition coefficient (Wildman–Crippen LogP) is 3.33. The number of rotatable bonds is 1. The Morgan fingerprint density at radius 3 is 3.20 bits per heavy atom. The maximum absolute atomic E-state index is 5.62. The van der Waals surface area contributed by atoms with Gasteiger partial charge in [-0.2, -0.15) is 0 Å². The quantitative estimate of drug-likeness (QED) is 0.806. The van der Waals surface area contributed by atoms with Gasteiger partial charge in [-0.1, -0.05) is 5.16 Å². The highest BCUT2D eigenvalue weighted by Crippen LogP contribution is 2.46. The standard InChI is InChI=1S/C10H8BrNO2S/c1-5-6(3-14-12-5)7-2-13-8-4-15-10(11)9(7)8/h3-4,7H,2H2,1H3. The second-order valence-electron chi connectivity index (χ2n) is 3.51. The largest absolute Gasteiger partial charge is 0.491 e. The third-order valence-corrected chi connectivity index (χ3v) is 4.41. The molecule has 0 aliphatic carbocycles. The molecule has 0 bridgehead atoms. The number of aromatic nitrogens is 1. The van der Waals surface area contributed by atoms with E-state index in [1.54, 1.807) is 17.6 Å². The van der Waals surface area contributed by atoms with Crippen LogP contribution in [0, 0.1) is 6.92 Å². The molecule has 0 N–H and O–H groups in total. The van der Waals surface area contributed by atoms with Crippen molar-refractivity contribution in [3.05, 3.63) is 32.3 Å². The Bertz CT molecular complexity index is 505. The Balaban J connectivity index is 2.11. The molecular formula is C10H8BrNO2S. The first kappa shape index (κ1) is 9.42. The first-order valence-corrected chi connectivity index (χ1v) is 6.25. The number of ether oxygens (including phenoxy) is 1. The summed E-state index contributed by atoms with van der Waals surface area (Å²) in [4.78, 5) is 0. The first-order valence-electron chi connectivity index (χ1n) is 4.58. The molecule has 3 rings (SSSR count).